The Bertz CT molecular complexity index is 580. The van der Waals surface area contributed by atoms with Crippen molar-refractivity contribution in [3.8, 4) is 0 Å². The van der Waals surface area contributed by atoms with Crippen molar-refractivity contribution in [2.75, 3.05) is 6.61 Å². The van der Waals surface area contributed by atoms with Crippen LogP contribution in [0.5, 0.6) is 0 Å². The highest BCUT2D eigenvalue weighted by Gasteiger charge is 2.36. The highest BCUT2D eigenvalue weighted by Crippen LogP contribution is 2.36. The fraction of sp³-hybridized carbons (Fsp3) is 0.583. The van der Waals surface area contributed by atoms with Gasteiger partial charge in [-0.15, -0.1) is 0 Å². The molecule has 1 saturated carbocycles. The van der Waals surface area contributed by atoms with Crippen LogP contribution >= 0.6 is 0 Å². The molecule has 2 rings (SSSR count). The molecule has 6 nitrogen and oxygen atoms in total. The second kappa shape index (κ2) is 5.38. The number of hydrogen-bond acceptors (Lipinski definition) is 4. The number of aromatic amines is 1. The highest BCUT2D eigenvalue weighted by molar-refractivity contribution is 5.65. The predicted molar refractivity (Wildman–Crippen MR) is 64.6 cm³/mol. The van der Waals surface area contributed by atoms with Crippen molar-refractivity contribution < 1.29 is 13.9 Å². The number of H-pyrrole nitrogens is 1. The maximum Gasteiger partial charge on any atom is 0.328 e. The van der Waals surface area contributed by atoms with E-state index < -0.39 is 29.3 Å². The van der Waals surface area contributed by atoms with Gasteiger partial charge in [0.2, 0.25) is 0 Å². The Balaban J connectivity index is 2.09. The van der Waals surface area contributed by atoms with Crippen molar-refractivity contribution in [2.45, 2.75) is 32.0 Å². The van der Waals surface area contributed by atoms with E-state index in [1.54, 1.807) is 0 Å². The summed E-state index contributed by atoms with van der Waals surface area (Å²) in [5.74, 6) is -0.857. The molecule has 1 N–H and O–H groups in total. The number of hydrogen-bond donors (Lipinski definition) is 1. The molecular formula is C12H15FN2O4. The number of aromatic nitrogens is 2. The van der Waals surface area contributed by atoms with Crippen molar-refractivity contribution in [3.05, 3.63) is 33.1 Å². The van der Waals surface area contributed by atoms with Crippen molar-refractivity contribution in [3.63, 3.8) is 0 Å². The van der Waals surface area contributed by atoms with Crippen LogP contribution in [0.1, 0.15) is 25.8 Å². The Morgan fingerprint density at radius 3 is 2.89 bits per heavy atom. The Morgan fingerprint density at radius 2 is 2.26 bits per heavy atom. The molecule has 1 aromatic rings. The van der Waals surface area contributed by atoms with E-state index in [0.717, 1.165) is 0 Å². The lowest BCUT2D eigenvalue weighted by atomic mass is 10.1. The first-order valence-corrected chi connectivity index (χ1v) is 6.06. The minimum Gasteiger partial charge on any atom is -0.465 e. The van der Waals surface area contributed by atoms with Crippen LogP contribution in [0.25, 0.3) is 0 Å². The van der Waals surface area contributed by atoms with Gasteiger partial charge in [-0.3, -0.25) is 19.1 Å². The third-order valence-electron chi connectivity index (χ3n) is 3.33. The molecule has 7 heteroatoms. The number of esters is 1. The first kappa shape index (κ1) is 13.5. The van der Waals surface area contributed by atoms with Crippen LogP contribution < -0.4 is 11.2 Å². The molecule has 0 aliphatic heterocycles. The number of halogens is 1. The van der Waals surface area contributed by atoms with E-state index in [1.165, 1.54) is 23.8 Å². The second-order valence-corrected chi connectivity index (χ2v) is 4.72. The van der Waals surface area contributed by atoms with E-state index >= 15 is 0 Å². The summed E-state index contributed by atoms with van der Waals surface area (Å²) < 4.78 is 19.9. The standard InChI is InChI=1S/C12H15FN2O4/c1-7(16)19-6-8-4-9(5-10(8)13)15-3-2-11(17)14-12(15)18/h2-3,8-10H,4-6H2,1H3,(H,14,17,18)/t8-,9-,10+/m1/s1. The minimum absolute atomic E-state index is 0.0190. The molecule has 3 atom stereocenters. The molecule has 1 aliphatic carbocycles. The molecule has 0 bridgehead atoms. The number of carbonyl (C=O) groups is 1. The molecule has 0 unspecified atom stereocenters. The first-order valence-electron chi connectivity index (χ1n) is 6.06. The molecule has 0 aromatic carbocycles. The lowest BCUT2D eigenvalue weighted by Gasteiger charge is -2.13. The molecule has 1 aliphatic rings. The summed E-state index contributed by atoms with van der Waals surface area (Å²) in [4.78, 5) is 35.4. The van der Waals surface area contributed by atoms with Crippen molar-refractivity contribution in [1.82, 2.24) is 9.55 Å². The van der Waals surface area contributed by atoms with Gasteiger partial charge in [0.05, 0.1) is 6.61 Å². The lowest BCUT2D eigenvalue weighted by molar-refractivity contribution is -0.142. The average Bonchev–Trinajstić information content (AvgIpc) is 2.67. The van der Waals surface area contributed by atoms with Crippen LogP contribution in [0.2, 0.25) is 0 Å². The number of nitrogens with one attached hydrogen (secondary N) is 1. The second-order valence-electron chi connectivity index (χ2n) is 4.72. The summed E-state index contributed by atoms with van der Waals surface area (Å²) >= 11 is 0. The number of nitrogens with zero attached hydrogens (tertiary/aromatic N) is 1. The first-order chi connectivity index (χ1) is 8.97. The molecule has 1 fully saturated rings. The predicted octanol–water partition coefficient (Wildman–Crippen LogP) is 0.389. The van der Waals surface area contributed by atoms with Crippen LogP contribution in [0.4, 0.5) is 4.39 Å². The zero-order valence-electron chi connectivity index (χ0n) is 10.5. The van der Waals surface area contributed by atoms with Crippen molar-refractivity contribution in [2.24, 2.45) is 5.92 Å². The minimum atomic E-state index is -1.12. The fourth-order valence-corrected chi connectivity index (χ4v) is 2.38. The average molecular weight is 270 g/mol. The largest absolute Gasteiger partial charge is 0.465 e. The summed E-state index contributed by atoms with van der Waals surface area (Å²) in [5.41, 5.74) is -1.02. The molecule has 104 valence electrons. The van der Waals surface area contributed by atoms with Crippen molar-refractivity contribution >= 4 is 5.97 Å². The van der Waals surface area contributed by atoms with E-state index in [0.29, 0.717) is 6.42 Å². The molecule has 0 spiro atoms. The topological polar surface area (TPSA) is 81.2 Å². The van der Waals surface area contributed by atoms with Crippen LogP contribution in [-0.2, 0) is 9.53 Å². The van der Waals surface area contributed by atoms with E-state index in [2.05, 4.69) is 4.98 Å². The van der Waals surface area contributed by atoms with Gasteiger partial charge >= 0.3 is 11.7 Å². The molecule has 19 heavy (non-hydrogen) atoms. The third-order valence-corrected chi connectivity index (χ3v) is 3.33. The normalized spacial score (nSPS) is 26.3. The summed E-state index contributed by atoms with van der Waals surface area (Å²) in [6.45, 7) is 1.29. The zero-order valence-corrected chi connectivity index (χ0v) is 10.5. The Kier molecular flexibility index (Phi) is 3.82. The van der Waals surface area contributed by atoms with Gasteiger partial charge in [0.1, 0.15) is 6.17 Å². The molecule has 1 heterocycles. The van der Waals surface area contributed by atoms with E-state index in [1.807, 2.05) is 0 Å². The molecule has 0 radical (unpaired) electrons. The van der Waals surface area contributed by atoms with Crippen molar-refractivity contribution in [1.29, 1.82) is 0 Å². The summed E-state index contributed by atoms with van der Waals surface area (Å²) in [7, 11) is 0. The van der Waals surface area contributed by atoms with Gasteiger partial charge in [-0.05, 0) is 12.8 Å². The number of alkyl halides is 1. The number of ether oxygens (including phenoxy) is 1. The fourth-order valence-electron chi connectivity index (χ4n) is 2.38. The third kappa shape index (κ3) is 3.10. The van der Waals surface area contributed by atoms with Gasteiger partial charge in [0, 0.05) is 31.1 Å². The zero-order chi connectivity index (χ0) is 14.0. The summed E-state index contributed by atoms with van der Waals surface area (Å²) in [5, 5.41) is 0. The SMILES string of the molecule is CC(=O)OC[C@H]1C[C@@H](n2ccc(=O)[nH]c2=O)C[C@@H]1F. The van der Waals surface area contributed by atoms with E-state index in [-0.39, 0.29) is 19.1 Å². The quantitative estimate of drug-likeness (QED) is 0.805. The Labute approximate surface area is 108 Å². The van der Waals surface area contributed by atoms with Gasteiger partial charge in [0.25, 0.3) is 5.56 Å². The van der Waals surface area contributed by atoms with Gasteiger partial charge in [-0.25, -0.2) is 9.18 Å². The number of carbonyl (C=O) groups excluding carboxylic acids is 1. The maximum atomic E-state index is 13.8. The van der Waals surface area contributed by atoms with Gasteiger partial charge in [-0.2, -0.15) is 0 Å². The van der Waals surface area contributed by atoms with Crippen LogP contribution in [-0.4, -0.2) is 28.3 Å². The Hall–Kier alpha value is -1.92. The summed E-state index contributed by atoms with van der Waals surface area (Å²) in [6.07, 6.45) is 0.827. The lowest BCUT2D eigenvalue weighted by Crippen LogP contribution is -2.30. The number of rotatable bonds is 3. The van der Waals surface area contributed by atoms with Gasteiger partial charge < -0.3 is 4.74 Å². The monoisotopic (exact) mass is 270 g/mol. The van der Waals surface area contributed by atoms with Crippen LogP contribution in [0, 0.1) is 5.92 Å². The van der Waals surface area contributed by atoms with E-state index in [4.69, 9.17) is 4.74 Å². The smallest absolute Gasteiger partial charge is 0.328 e. The van der Waals surface area contributed by atoms with Crippen LogP contribution in [0.3, 0.4) is 0 Å². The summed E-state index contributed by atoms with van der Waals surface area (Å²) in [6, 6.07) is 0.911. The van der Waals surface area contributed by atoms with Gasteiger partial charge in [-0.1, -0.05) is 0 Å². The molecule has 1 aromatic heterocycles. The van der Waals surface area contributed by atoms with Crippen LogP contribution in [0.15, 0.2) is 21.9 Å². The van der Waals surface area contributed by atoms with E-state index in [9.17, 15) is 18.8 Å². The maximum absolute atomic E-state index is 13.8. The highest BCUT2D eigenvalue weighted by atomic mass is 19.1. The van der Waals surface area contributed by atoms with Gasteiger partial charge in [0.15, 0.2) is 0 Å². The molecular weight excluding hydrogens is 255 g/mol. The molecule has 0 saturated heterocycles. The molecule has 0 amide bonds. The Morgan fingerprint density at radius 1 is 1.53 bits per heavy atom.